The van der Waals surface area contributed by atoms with Crippen LogP contribution >= 0.6 is 22.9 Å². The van der Waals surface area contributed by atoms with Crippen molar-refractivity contribution in [3.8, 4) is 5.75 Å². The maximum Gasteiger partial charge on any atom is 0.341 e. The molecule has 8 nitrogen and oxygen atoms in total. The fourth-order valence-corrected chi connectivity index (χ4v) is 4.35. The van der Waals surface area contributed by atoms with Gasteiger partial charge in [-0.2, -0.15) is 0 Å². The van der Waals surface area contributed by atoms with Crippen LogP contribution < -0.4 is 15.8 Å². The molecule has 33 heavy (non-hydrogen) atoms. The highest BCUT2D eigenvalue weighted by atomic mass is 35.5. The summed E-state index contributed by atoms with van der Waals surface area (Å²) in [7, 11) is 0. The molecule has 0 aliphatic heterocycles. The van der Waals surface area contributed by atoms with E-state index in [0.29, 0.717) is 28.5 Å². The monoisotopic (exact) mass is 490 g/mol. The first-order chi connectivity index (χ1) is 15.7. The number of anilines is 1. The van der Waals surface area contributed by atoms with Gasteiger partial charge < -0.3 is 24.9 Å². The Morgan fingerprint density at radius 2 is 1.94 bits per heavy atom. The van der Waals surface area contributed by atoms with Crippen molar-refractivity contribution < 1.29 is 28.3 Å². The number of furan rings is 1. The summed E-state index contributed by atoms with van der Waals surface area (Å²) in [5.41, 5.74) is 6.73. The van der Waals surface area contributed by atoms with Gasteiger partial charge in [0.25, 0.3) is 11.8 Å². The molecule has 3 aromatic rings. The van der Waals surface area contributed by atoms with Crippen LogP contribution in [0.4, 0.5) is 5.00 Å². The number of nitrogens with one attached hydrogen (secondary N) is 1. The summed E-state index contributed by atoms with van der Waals surface area (Å²) in [6.07, 6.45) is 0.629. The highest BCUT2D eigenvalue weighted by Crippen LogP contribution is 2.34. The van der Waals surface area contributed by atoms with Gasteiger partial charge in [0.15, 0.2) is 5.76 Å². The van der Waals surface area contributed by atoms with Crippen molar-refractivity contribution in [2.75, 3.05) is 11.9 Å². The number of halogens is 1. The molecule has 174 valence electrons. The van der Waals surface area contributed by atoms with E-state index in [4.69, 9.17) is 31.2 Å². The van der Waals surface area contributed by atoms with E-state index in [-0.39, 0.29) is 34.4 Å². The molecule has 2 amide bonds. The predicted molar refractivity (Wildman–Crippen MR) is 125 cm³/mol. The van der Waals surface area contributed by atoms with Crippen LogP contribution in [0.1, 0.15) is 60.8 Å². The molecule has 0 radical (unpaired) electrons. The number of carbonyl (C=O) groups is 3. The van der Waals surface area contributed by atoms with Crippen LogP contribution in [0, 0.1) is 13.8 Å². The van der Waals surface area contributed by atoms with Crippen molar-refractivity contribution in [2.24, 2.45) is 5.73 Å². The highest BCUT2D eigenvalue weighted by Gasteiger charge is 2.26. The summed E-state index contributed by atoms with van der Waals surface area (Å²) in [5.74, 6) is -1.00. The zero-order valence-corrected chi connectivity index (χ0v) is 19.9. The minimum atomic E-state index is -0.699. The number of para-hydroxylation sites is 1. The van der Waals surface area contributed by atoms with Crippen molar-refractivity contribution in [1.29, 1.82) is 0 Å². The molecule has 0 aliphatic carbocycles. The SMILES string of the molecule is CCCOC(=O)c1c(NC(=O)c2ccc(COc3c(C)cccc3Cl)o2)sc(C(N)=O)c1C. The summed E-state index contributed by atoms with van der Waals surface area (Å²) in [4.78, 5) is 37.2. The molecular formula is C23H23ClN2O6S. The van der Waals surface area contributed by atoms with Gasteiger partial charge in [0, 0.05) is 0 Å². The largest absolute Gasteiger partial charge is 0.484 e. The Balaban J connectivity index is 1.76. The van der Waals surface area contributed by atoms with Crippen LogP contribution in [0.2, 0.25) is 5.02 Å². The normalized spacial score (nSPS) is 10.7. The fourth-order valence-electron chi connectivity index (χ4n) is 3.03. The topological polar surface area (TPSA) is 121 Å². The molecule has 2 aromatic heterocycles. The van der Waals surface area contributed by atoms with Crippen LogP contribution in [-0.4, -0.2) is 24.4 Å². The van der Waals surface area contributed by atoms with Gasteiger partial charge in [-0.3, -0.25) is 9.59 Å². The number of benzene rings is 1. The third-order valence-electron chi connectivity index (χ3n) is 4.65. The molecule has 0 bridgehead atoms. The number of carbonyl (C=O) groups excluding carboxylic acids is 3. The van der Waals surface area contributed by atoms with Crippen molar-refractivity contribution >= 4 is 45.7 Å². The lowest BCUT2D eigenvalue weighted by Gasteiger charge is -2.09. The molecule has 0 aliphatic rings. The minimum Gasteiger partial charge on any atom is -0.484 e. The number of rotatable bonds is 9. The lowest BCUT2D eigenvalue weighted by atomic mass is 10.1. The average Bonchev–Trinajstić information content (AvgIpc) is 3.36. The number of amides is 2. The van der Waals surface area contributed by atoms with E-state index in [1.54, 1.807) is 19.1 Å². The van der Waals surface area contributed by atoms with Crippen molar-refractivity contribution in [2.45, 2.75) is 33.8 Å². The molecule has 3 N–H and O–H groups in total. The maximum absolute atomic E-state index is 12.8. The van der Waals surface area contributed by atoms with Crippen LogP contribution in [-0.2, 0) is 11.3 Å². The number of aryl methyl sites for hydroxylation is 1. The quantitative estimate of drug-likeness (QED) is 0.402. The standard InChI is InChI=1S/C23H23ClN2O6S/c1-4-10-30-23(29)17-13(3)19(20(25)27)33-22(17)26-21(28)16-9-8-14(32-16)11-31-18-12(2)6-5-7-15(18)24/h5-9H,4,10-11H2,1-3H3,(H2,25,27)(H,26,28). The van der Waals surface area contributed by atoms with Crippen LogP contribution in [0.25, 0.3) is 0 Å². The molecule has 0 saturated heterocycles. The Morgan fingerprint density at radius 3 is 2.61 bits per heavy atom. The Labute approximate surface area is 199 Å². The van der Waals surface area contributed by atoms with Gasteiger partial charge in [-0.15, -0.1) is 11.3 Å². The smallest absolute Gasteiger partial charge is 0.341 e. The molecule has 1 aromatic carbocycles. The number of nitrogens with two attached hydrogens (primary N) is 1. The van der Waals surface area contributed by atoms with Crippen LogP contribution in [0.3, 0.4) is 0 Å². The van der Waals surface area contributed by atoms with Crippen molar-refractivity contribution in [3.63, 3.8) is 0 Å². The average molecular weight is 491 g/mol. The molecule has 10 heteroatoms. The molecular weight excluding hydrogens is 468 g/mol. The van der Waals surface area contributed by atoms with E-state index < -0.39 is 17.8 Å². The van der Waals surface area contributed by atoms with Gasteiger partial charge >= 0.3 is 5.97 Å². The van der Waals surface area contributed by atoms with E-state index >= 15 is 0 Å². The molecule has 2 heterocycles. The zero-order chi connectivity index (χ0) is 24.1. The Hall–Kier alpha value is -3.30. The molecule has 0 spiro atoms. The van der Waals surface area contributed by atoms with E-state index in [0.717, 1.165) is 16.9 Å². The summed E-state index contributed by atoms with van der Waals surface area (Å²) < 4.78 is 16.5. The second-order valence-corrected chi connectivity index (χ2v) is 8.58. The minimum absolute atomic E-state index is 0.00374. The number of esters is 1. The number of hydrogen-bond donors (Lipinski definition) is 2. The van der Waals surface area contributed by atoms with Gasteiger partial charge in [-0.1, -0.05) is 30.7 Å². The van der Waals surface area contributed by atoms with E-state index in [2.05, 4.69) is 5.32 Å². The lowest BCUT2D eigenvalue weighted by molar-refractivity contribution is 0.0506. The number of thiophene rings is 1. The van der Waals surface area contributed by atoms with Crippen molar-refractivity contribution in [1.82, 2.24) is 0 Å². The van der Waals surface area contributed by atoms with Crippen LogP contribution in [0.5, 0.6) is 5.75 Å². The lowest BCUT2D eigenvalue weighted by Crippen LogP contribution is -2.15. The summed E-state index contributed by atoms with van der Waals surface area (Å²) >= 11 is 7.07. The van der Waals surface area contributed by atoms with Crippen molar-refractivity contribution in [3.05, 3.63) is 68.4 Å². The first-order valence-corrected chi connectivity index (χ1v) is 11.3. The van der Waals surface area contributed by atoms with Gasteiger partial charge in [-0.05, 0) is 49.6 Å². The fraction of sp³-hybridized carbons (Fsp3) is 0.261. The van der Waals surface area contributed by atoms with E-state index in [1.807, 2.05) is 26.0 Å². The molecule has 0 atom stereocenters. The first-order valence-electron chi connectivity index (χ1n) is 10.1. The number of ether oxygens (including phenoxy) is 2. The molecule has 0 saturated carbocycles. The summed E-state index contributed by atoms with van der Waals surface area (Å²) in [6.45, 7) is 5.58. The Morgan fingerprint density at radius 1 is 1.18 bits per heavy atom. The van der Waals surface area contributed by atoms with Gasteiger partial charge in [-0.25, -0.2) is 4.79 Å². The van der Waals surface area contributed by atoms with Crippen LogP contribution in [0.15, 0.2) is 34.7 Å². The Bertz CT molecular complexity index is 1180. The number of hydrogen-bond acceptors (Lipinski definition) is 7. The van der Waals surface area contributed by atoms with E-state index in [1.165, 1.54) is 6.07 Å². The van der Waals surface area contributed by atoms with E-state index in [9.17, 15) is 14.4 Å². The predicted octanol–water partition coefficient (Wildman–Crippen LogP) is 5.11. The zero-order valence-electron chi connectivity index (χ0n) is 18.3. The maximum atomic E-state index is 12.8. The van der Waals surface area contributed by atoms with Gasteiger partial charge in [0.1, 0.15) is 23.1 Å². The molecule has 0 unspecified atom stereocenters. The van der Waals surface area contributed by atoms with Gasteiger partial charge in [0.2, 0.25) is 0 Å². The third-order valence-corrected chi connectivity index (χ3v) is 6.17. The summed E-state index contributed by atoms with van der Waals surface area (Å²) in [6, 6.07) is 8.50. The first kappa shape index (κ1) is 24.3. The second-order valence-electron chi connectivity index (χ2n) is 7.16. The number of primary amides is 1. The highest BCUT2D eigenvalue weighted by molar-refractivity contribution is 7.18. The molecule has 0 fully saturated rings. The summed E-state index contributed by atoms with van der Waals surface area (Å²) in [5, 5.41) is 3.25. The third kappa shape index (κ3) is 5.55. The second kappa shape index (κ2) is 10.5. The Kier molecular flexibility index (Phi) is 7.78. The molecule has 3 rings (SSSR count). The van der Waals surface area contributed by atoms with Gasteiger partial charge in [0.05, 0.1) is 22.1 Å².